The van der Waals surface area contributed by atoms with Crippen molar-refractivity contribution in [1.82, 2.24) is 4.90 Å². The van der Waals surface area contributed by atoms with Crippen LogP contribution in [0.4, 0.5) is 14.9 Å². The summed E-state index contributed by atoms with van der Waals surface area (Å²) >= 11 is 5.03. The molecule has 6 heteroatoms. The van der Waals surface area contributed by atoms with Crippen molar-refractivity contribution in [2.24, 2.45) is 0 Å². The number of nitrogens with one attached hydrogen (secondary N) is 1. The van der Waals surface area contributed by atoms with Crippen LogP contribution in [0.3, 0.4) is 0 Å². The second-order valence-corrected chi connectivity index (χ2v) is 9.32. The molecule has 1 aromatic heterocycles. The predicted octanol–water partition coefficient (Wildman–Crippen LogP) is 6.70. The number of carbonyl (C=O) groups is 1. The highest BCUT2D eigenvalue weighted by molar-refractivity contribution is 9.10. The van der Waals surface area contributed by atoms with Crippen molar-refractivity contribution in [3.8, 4) is 0 Å². The van der Waals surface area contributed by atoms with Gasteiger partial charge in [-0.15, -0.1) is 11.3 Å². The zero-order valence-electron chi connectivity index (χ0n) is 16.3. The van der Waals surface area contributed by atoms with Gasteiger partial charge in [-0.1, -0.05) is 53.2 Å². The van der Waals surface area contributed by atoms with Gasteiger partial charge in [0, 0.05) is 20.8 Å². The van der Waals surface area contributed by atoms with E-state index in [1.54, 1.807) is 23.5 Å². The Bertz CT molecular complexity index is 1050. The Hall–Kier alpha value is -2.18. The smallest absolute Gasteiger partial charge is 0.312 e. The summed E-state index contributed by atoms with van der Waals surface area (Å²) in [5.41, 5.74) is 4.05. The number of carbonyl (C=O) groups excluding carboxylic acids is 1. The number of amides is 2. The minimum absolute atomic E-state index is 0.164. The van der Waals surface area contributed by atoms with Gasteiger partial charge in [-0.2, -0.15) is 0 Å². The van der Waals surface area contributed by atoms with E-state index in [2.05, 4.69) is 47.2 Å². The highest BCUT2D eigenvalue weighted by atomic mass is 79.9. The van der Waals surface area contributed by atoms with Crippen LogP contribution in [0, 0.1) is 12.7 Å². The van der Waals surface area contributed by atoms with Crippen molar-refractivity contribution >= 4 is 39.0 Å². The van der Waals surface area contributed by atoms with Gasteiger partial charge in [0.05, 0.1) is 11.7 Å². The number of benzene rings is 2. The molecule has 2 aromatic carbocycles. The third-order valence-corrected chi connectivity index (χ3v) is 7.15. The van der Waals surface area contributed by atoms with Crippen LogP contribution < -0.4 is 5.32 Å². The minimum Gasteiger partial charge on any atom is -0.312 e. The van der Waals surface area contributed by atoms with Gasteiger partial charge < -0.3 is 10.2 Å². The normalized spacial score (nSPS) is 15.9. The molecule has 0 radical (unpaired) electrons. The monoisotopic (exact) mass is 472 g/mol. The van der Waals surface area contributed by atoms with E-state index >= 15 is 0 Å². The summed E-state index contributed by atoms with van der Waals surface area (Å²) in [6, 6.07) is 14.3. The maximum atomic E-state index is 14.3. The van der Waals surface area contributed by atoms with Crippen LogP contribution in [-0.2, 0) is 12.8 Å². The lowest BCUT2D eigenvalue weighted by molar-refractivity contribution is 0.195. The molecule has 0 spiro atoms. The van der Waals surface area contributed by atoms with Crippen LogP contribution in [0.5, 0.6) is 0 Å². The summed E-state index contributed by atoms with van der Waals surface area (Å²) in [6.45, 7) is 4.94. The van der Waals surface area contributed by atoms with E-state index in [0.29, 0.717) is 11.0 Å². The van der Waals surface area contributed by atoms with E-state index in [1.165, 1.54) is 26.9 Å². The summed E-state index contributed by atoms with van der Waals surface area (Å²) in [4.78, 5) is 17.6. The van der Waals surface area contributed by atoms with Crippen LogP contribution in [0.15, 0.2) is 53.0 Å². The Labute approximate surface area is 182 Å². The number of aryl methyl sites for hydroxylation is 1. The lowest BCUT2D eigenvalue weighted by atomic mass is 9.92. The molecule has 1 aliphatic heterocycles. The second-order valence-electron chi connectivity index (χ2n) is 7.14. The zero-order valence-corrected chi connectivity index (χ0v) is 18.7. The van der Waals surface area contributed by atoms with Crippen LogP contribution in [0.25, 0.3) is 0 Å². The lowest BCUT2D eigenvalue weighted by Crippen LogP contribution is -2.42. The van der Waals surface area contributed by atoms with Crippen molar-refractivity contribution < 1.29 is 9.18 Å². The maximum absolute atomic E-state index is 14.3. The molecule has 1 aliphatic rings. The highest BCUT2D eigenvalue weighted by Gasteiger charge is 2.35. The van der Waals surface area contributed by atoms with E-state index < -0.39 is 5.82 Å². The molecule has 3 nitrogen and oxygen atoms in total. The first-order valence-corrected chi connectivity index (χ1v) is 11.3. The molecule has 1 unspecified atom stereocenters. The highest BCUT2D eigenvalue weighted by Crippen LogP contribution is 2.43. The number of fused-ring (bicyclic) bond motifs is 1. The second kappa shape index (κ2) is 8.28. The molecule has 2 heterocycles. The number of thiophene rings is 1. The quantitative estimate of drug-likeness (QED) is 0.451. The molecule has 1 N–H and O–H groups in total. The molecule has 1 atom stereocenters. The molecule has 3 aromatic rings. The first-order chi connectivity index (χ1) is 14.0. The average molecular weight is 473 g/mol. The van der Waals surface area contributed by atoms with Crippen LogP contribution in [0.1, 0.15) is 39.4 Å². The molecular formula is C23H22BrFN2OS. The fraction of sp³-hybridized carbons (Fsp3) is 0.261. The fourth-order valence-corrected chi connectivity index (χ4v) is 5.85. The van der Waals surface area contributed by atoms with Gasteiger partial charge in [-0.3, -0.25) is 0 Å². The SMILES string of the molecule is CCc1c(C)sc2c1CCN(C(=O)Nc1ccc(Br)cc1F)C2c1ccccc1. The third kappa shape index (κ3) is 3.83. The standard InChI is InChI=1S/C23H22BrFN2OS/c1-3-17-14(2)29-22-18(17)11-12-27(21(22)15-7-5-4-6-8-15)23(28)26-20-10-9-16(24)13-19(20)25/h4-10,13,21H,3,11-12H2,1-2H3,(H,26,28). The van der Waals surface area contributed by atoms with E-state index in [9.17, 15) is 9.18 Å². The van der Waals surface area contributed by atoms with Crippen molar-refractivity contribution in [2.75, 3.05) is 11.9 Å². The number of rotatable bonds is 3. The van der Waals surface area contributed by atoms with Crippen molar-refractivity contribution in [3.05, 3.63) is 85.3 Å². The van der Waals surface area contributed by atoms with Gasteiger partial charge in [0.15, 0.2) is 0 Å². The van der Waals surface area contributed by atoms with Gasteiger partial charge in [-0.25, -0.2) is 9.18 Å². The Morgan fingerprint density at radius 2 is 2.03 bits per heavy atom. The number of hydrogen-bond donors (Lipinski definition) is 1. The van der Waals surface area contributed by atoms with E-state index in [0.717, 1.165) is 18.4 Å². The molecule has 0 saturated carbocycles. The summed E-state index contributed by atoms with van der Waals surface area (Å²) in [6.07, 6.45) is 1.82. The number of anilines is 1. The largest absolute Gasteiger partial charge is 0.322 e. The first-order valence-electron chi connectivity index (χ1n) is 9.68. The lowest BCUT2D eigenvalue weighted by Gasteiger charge is -2.36. The maximum Gasteiger partial charge on any atom is 0.322 e. The van der Waals surface area contributed by atoms with Gasteiger partial charge in [-0.05, 0) is 54.7 Å². The van der Waals surface area contributed by atoms with Gasteiger partial charge in [0.25, 0.3) is 0 Å². The summed E-state index contributed by atoms with van der Waals surface area (Å²) in [5.74, 6) is -0.457. The van der Waals surface area contributed by atoms with Gasteiger partial charge in [0.1, 0.15) is 5.82 Å². The number of hydrogen-bond acceptors (Lipinski definition) is 2. The van der Waals surface area contributed by atoms with Gasteiger partial charge in [0.2, 0.25) is 0 Å². The molecule has 0 fully saturated rings. The van der Waals surface area contributed by atoms with Crippen LogP contribution in [-0.4, -0.2) is 17.5 Å². The third-order valence-electron chi connectivity index (χ3n) is 5.41. The van der Waals surface area contributed by atoms with Crippen LogP contribution in [0.2, 0.25) is 0 Å². The fourth-order valence-electron chi connectivity index (χ4n) is 4.07. The first kappa shape index (κ1) is 20.1. The Morgan fingerprint density at radius 1 is 1.28 bits per heavy atom. The van der Waals surface area contributed by atoms with Crippen molar-refractivity contribution in [1.29, 1.82) is 0 Å². The minimum atomic E-state index is -0.457. The predicted molar refractivity (Wildman–Crippen MR) is 120 cm³/mol. The zero-order chi connectivity index (χ0) is 20.5. The Balaban J connectivity index is 1.72. The molecule has 0 saturated heterocycles. The van der Waals surface area contributed by atoms with E-state index in [4.69, 9.17) is 0 Å². The number of urea groups is 1. The summed E-state index contributed by atoms with van der Waals surface area (Å²) in [7, 11) is 0. The summed E-state index contributed by atoms with van der Waals surface area (Å²) in [5, 5.41) is 2.77. The topological polar surface area (TPSA) is 32.3 Å². The van der Waals surface area contributed by atoms with Crippen molar-refractivity contribution in [2.45, 2.75) is 32.7 Å². The van der Waals surface area contributed by atoms with E-state index in [-0.39, 0.29) is 17.8 Å². The van der Waals surface area contributed by atoms with Gasteiger partial charge >= 0.3 is 6.03 Å². The number of nitrogens with zero attached hydrogens (tertiary/aromatic N) is 1. The Morgan fingerprint density at radius 3 is 2.72 bits per heavy atom. The van der Waals surface area contributed by atoms with E-state index in [1.807, 2.05) is 23.1 Å². The Kier molecular flexibility index (Phi) is 5.74. The van der Waals surface area contributed by atoms with Crippen LogP contribution >= 0.6 is 27.3 Å². The molecule has 0 bridgehead atoms. The number of halogens is 2. The average Bonchev–Trinajstić information content (AvgIpc) is 3.04. The molecule has 0 aliphatic carbocycles. The molecule has 29 heavy (non-hydrogen) atoms. The summed E-state index contributed by atoms with van der Waals surface area (Å²) < 4.78 is 14.9. The molecule has 150 valence electrons. The molecule has 2 amide bonds. The molecule has 4 rings (SSSR count). The molecular weight excluding hydrogens is 451 g/mol. The van der Waals surface area contributed by atoms with Crippen molar-refractivity contribution in [3.63, 3.8) is 0 Å².